The zero-order valence-corrected chi connectivity index (χ0v) is 22.5. The number of carbonyl (C=O) groups is 2. The van der Waals surface area contributed by atoms with Crippen molar-refractivity contribution in [3.8, 4) is 0 Å². The topological polar surface area (TPSA) is 86.8 Å². The van der Waals surface area contributed by atoms with Gasteiger partial charge in [0.05, 0.1) is 11.9 Å². The van der Waals surface area contributed by atoms with Gasteiger partial charge < -0.3 is 10.2 Å². The summed E-state index contributed by atoms with van der Waals surface area (Å²) in [5, 5.41) is 3.48. The van der Waals surface area contributed by atoms with Gasteiger partial charge >= 0.3 is 0 Å². The van der Waals surface area contributed by atoms with Crippen LogP contribution >= 0.6 is 11.6 Å². The Morgan fingerprint density at radius 3 is 2.26 bits per heavy atom. The molecule has 0 saturated carbocycles. The van der Waals surface area contributed by atoms with Crippen molar-refractivity contribution in [2.75, 3.05) is 23.7 Å². The fourth-order valence-corrected chi connectivity index (χ4v) is 4.87. The first-order valence-electron chi connectivity index (χ1n) is 12.0. The van der Waals surface area contributed by atoms with E-state index in [1.807, 2.05) is 32.9 Å². The molecule has 0 bridgehead atoms. The van der Waals surface area contributed by atoms with Crippen LogP contribution in [0, 0.1) is 0 Å². The Hall–Kier alpha value is -2.58. The molecule has 2 rings (SSSR count). The van der Waals surface area contributed by atoms with Crippen LogP contribution in [-0.4, -0.2) is 50.5 Å². The predicted octanol–water partition coefficient (Wildman–Crippen LogP) is 4.39. The highest BCUT2D eigenvalue weighted by Crippen LogP contribution is 2.24. The number of nitrogens with one attached hydrogen (secondary N) is 1. The summed E-state index contributed by atoms with van der Waals surface area (Å²) in [6, 6.07) is 13.4. The summed E-state index contributed by atoms with van der Waals surface area (Å²) in [5.74, 6) is -0.697. The molecule has 0 heterocycles. The fraction of sp³-hybridized carbons (Fsp3) is 0.462. The second-order valence-corrected chi connectivity index (χ2v) is 10.8. The monoisotopic (exact) mass is 521 g/mol. The average Bonchev–Trinajstić information content (AvgIpc) is 2.83. The van der Waals surface area contributed by atoms with E-state index in [1.54, 1.807) is 36.4 Å². The number of halogens is 1. The second-order valence-electron chi connectivity index (χ2n) is 8.47. The van der Waals surface area contributed by atoms with Gasteiger partial charge in [0, 0.05) is 18.1 Å². The summed E-state index contributed by atoms with van der Waals surface area (Å²) in [6.07, 6.45) is 3.86. The van der Waals surface area contributed by atoms with Gasteiger partial charge in [-0.25, -0.2) is 8.42 Å². The minimum Gasteiger partial charge on any atom is -0.354 e. The largest absolute Gasteiger partial charge is 0.354 e. The van der Waals surface area contributed by atoms with Crippen LogP contribution in [0.25, 0.3) is 0 Å². The molecule has 0 fully saturated rings. The van der Waals surface area contributed by atoms with Crippen LogP contribution in [0.15, 0.2) is 48.5 Å². The van der Waals surface area contributed by atoms with E-state index in [0.29, 0.717) is 30.1 Å². The van der Waals surface area contributed by atoms with Gasteiger partial charge in [-0.1, -0.05) is 69.1 Å². The Morgan fingerprint density at radius 2 is 1.69 bits per heavy atom. The third-order valence-corrected chi connectivity index (χ3v) is 7.18. The highest BCUT2D eigenvalue weighted by molar-refractivity contribution is 7.92. The maximum absolute atomic E-state index is 13.7. The van der Waals surface area contributed by atoms with Gasteiger partial charge in [-0.15, -0.1) is 0 Å². The molecule has 0 radical (unpaired) electrons. The highest BCUT2D eigenvalue weighted by Gasteiger charge is 2.32. The molecule has 0 aromatic heterocycles. The van der Waals surface area contributed by atoms with E-state index in [1.165, 1.54) is 4.90 Å². The summed E-state index contributed by atoms with van der Waals surface area (Å²) in [7, 11) is -3.76. The minimum atomic E-state index is -3.76. The summed E-state index contributed by atoms with van der Waals surface area (Å²) < 4.78 is 26.7. The highest BCUT2D eigenvalue weighted by atomic mass is 35.5. The fourth-order valence-electron chi connectivity index (χ4n) is 3.86. The van der Waals surface area contributed by atoms with Gasteiger partial charge in [0.2, 0.25) is 21.8 Å². The van der Waals surface area contributed by atoms with Crippen molar-refractivity contribution >= 4 is 39.1 Å². The number of sulfonamides is 1. The van der Waals surface area contributed by atoms with Crippen LogP contribution in [0.1, 0.15) is 51.2 Å². The molecule has 0 saturated heterocycles. The number of para-hydroxylation sites is 1. The van der Waals surface area contributed by atoms with Crippen molar-refractivity contribution in [3.63, 3.8) is 0 Å². The Labute approximate surface area is 214 Å². The molecule has 1 N–H and O–H groups in total. The molecule has 2 aromatic carbocycles. The molecule has 2 aromatic rings. The van der Waals surface area contributed by atoms with Crippen molar-refractivity contribution in [2.45, 2.75) is 59.0 Å². The van der Waals surface area contributed by atoms with Crippen LogP contribution in [0.4, 0.5) is 5.69 Å². The van der Waals surface area contributed by atoms with Crippen LogP contribution in [-0.2, 0) is 32.6 Å². The molecular weight excluding hydrogens is 486 g/mol. The van der Waals surface area contributed by atoms with E-state index in [9.17, 15) is 18.0 Å². The quantitative estimate of drug-likeness (QED) is 0.396. The number of amides is 2. The number of hydrogen-bond donors (Lipinski definition) is 1. The standard InChI is InChI=1S/C26H36ClN3O4S/c1-5-8-17-28-26(32)23(7-3)29(18-20-13-15-22(27)16-14-20)25(31)19-30(35(4,33)34)24-12-10-9-11-21(24)6-2/h9-16,23H,5-8,17-19H2,1-4H3,(H,28,32). The lowest BCUT2D eigenvalue weighted by atomic mass is 10.1. The number of hydrogen-bond acceptors (Lipinski definition) is 4. The summed E-state index contributed by atoms with van der Waals surface area (Å²) in [5.41, 5.74) is 2.08. The lowest BCUT2D eigenvalue weighted by Crippen LogP contribution is -2.52. The molecule has 1 atom stereocenters. The Morgan fingerprint density at radius 1 is 1.03 bits per heavy atom. The van der Waals surface area contributed by atoms with Gasteiger partial charge in [-0.3, -0.25) is 13.9 Å². The summed E-state index contributed by atoms with van der Waals surface area (Å²) in [4.78, 5) is 28.2. The van der Waals surface area contributed by atoms with Crippen LogP contribution in [0.3, 0.4) is 0 Å². The number of anilines is 1. The van der Waals surface area contributed by atoms with Crippen molar-refractivity contribution < 1.29 is 18.0 Å². The van der Waals surface area contributed by atoms with Crippen LogP contribution in [0.5, 0.6) is 0 Å². The van der Waals surface area contributed by atoms with E-state index in [-0.39, 0.29) is 12.5 Å². The first-order chi connectivity index (χ1) is 16.6. The number of nitrogens with zero attached hydrogens (tertiary/aromatic N) is 2. The van der Waals surface area contributed by atoms with Crippen molar-refractivity contribution in [3.05, 3.63) is 64.7 Å². The molecule has 7 nitrogen and oxygen atoms in total. The average molecular weight is 522 g/mol. The number of aryl methyl sites for hydroxylation is 1. The van der Waals surface area contributed by atoms with Gasteiger partial charge in [-0.2, -0.15) is 0 Å². The minimum absolute atomic E-state index is 0.155. The second kappa shape index (κ2) is 13.5. The number of benzene rings is 2. The first kappa shape index (κ1) is 28.7. The lowest BCUT2D eigenvalue weighted by Gasteiger charge is -2.33. The van der Waals surface area contributed by atoms with Gasteiger partial charge in [0.25, 0.3) is 0 Å². The van der Waals surface area contributed by atoms with E-state index < -0.39 is 28.5 Å². The Kier molecular flexibility index (Phi) is 11.0. The molecule has 0 aliphatic heterocycles. The normalized spacial score (nSPS) is 12.1. The summed E-state index contributed by atoms with van der Waals surface area (Å²) in [6.45, 7) is 6.08. The van der Waals surface area contributed by atoms with E-state index in [4.69, 9.17) is 11.6 Å². The summed E-state index contributed by atoms with van der Waals surface area (Å²) >= 11 is 6.02. The molecule has 1 unspecified atom stereocenters. The molecule has 2 amide bonds. The van der Waals surface area contributed by atoms with Crippen molar-refractivity contribution in [1.29, 1.82) is 0 Å². The van der Waals surface area contributed by atoms with Crippen LogP contribution < -0.4 is 9.62 Å². The van der Waals surface area contributed by atoms with Crippen molar-refractivity contribution in [1.82, 2.24) is 10.2 Å². The third-order valence-electron chi connectivity index (χ3n) is 5.80. The van der Waals surface area contributed by atoms with Crippen LogP contribution in [0.2, 0.25) is 5.02 Å². The number of carbonyl (C=O) groups excluding carboxylic acids is 2. The number of rotatable bonds is 13. The van der Waals surface area contributed by atoms with E-state index >= 15 is 0 Å². The zero-order chi connectivity index (χ0) is 26.0. The van der Waals surface area contributed by atoms with Gasteiger partial charge in [-0.05, 0) is 48.6 Å². The van der Waals surface area contributed by atoms with Gasteiger partial charge in [0.1, 0.15) is 12.6 Å². The third kappa shape index (κ3) is 8.25. The van der Waals surface area contributed by atoms with E-state index in [0.717, 1.165) is 34.5 Å². The first-order valence-corrected chi connectivity index (χ1v) is 14.2. The molecule has 9 heteroatoms. The zero-order valence-electron chi connectivity index (χ0n) is 21.0. The number of unbranched alkanes of at least 4 members (excludes halogenated alkanes) is 1. The molecule has 0 aliphatic rings. The molecule has 192 valence electrons. The molecule has 0 aliphatic carbocycles. The molecule has 35 heavy (non-hydrogen) atoms. The Bertz CT molecular complexity index is 1090. The Balaban J connectivity index is 2.43. The SMILES string of the molecule is CCCCNC(=O)C(CC)N(Cc1ccc(Cl)cc1)C(=O)CN(c1ccccc1CC)S(C)(=O)=O. The predicted molar refractivity (Wildman–Crippen MR) is 142 cm³/mol. The lowest BCUT2D eigenvalue weighted by molar-refractivity contribution is -0.140. The maximum atomic E-state index is 13.7. The maximum Gasteiger partial charge on any atom is 0.244 e. The van der Waals surface area contributed by atoms with E-state index in [2.05, 4.69) is 5.32 Å². The molecule has 0 spiro atoms. The van der Waals surface area contributed by atoms with Crippen molar-refractivity contribution in [2.24, 2.45) is 0 Å². The van der Waals surface area contributed by atoms with Gasteiger partial charge in [0.15, 0.2) is 0 Å². The smallest absolute Gasteiger partial charge is 0.244 e. The molecular formula is C26H36ClN3O4S.